The molecule has 10 heteroatoms. The van der Waals surface area contributed by atoms with Crippen molar-refractivity contribution in [3.05, 3.63) is 59.2 Å². The number of fused-ring (bicyclic) bond motifs is 2. The lowest BCUT2D eigenvalue weighted by atomic mass is 9.98. The third kappa shape index (κ3) is 6.60. The molecule has 1 N–H and O–H groups in total. The van der Waals surface area contributed by atoms with Gasteiger partial charge in [0.1, 0.15) is 5.75 Å². The molecule has 0 aromatic heterocycles. The Hall–Kier alpha value is -3.11. The third-order valence-corrected chi connectivity index (χ3v) is 12.5. The molecule has 0 saturated heterocycles. The molecule has 0 radical (unpaired) electrons. The second-order valence-corrected chi connectivity index (χ2v) is 16.6. The summed E-state index contributed by atoms with van der Waals surface area (Å²) >= 11 is 0. The van der Waals surface area contributed by atoms with E-state index in [0.717, 1.165) is 23.4 Å². The van der Waals surface area contributed by atoms with Crippen molar-refractivity contribution >= 4 is 37.1 Å². The lowest BCUT2D eigenvalue weighted by molar-refractivity contribution is -0.137. The van der Waals surface area contributed by atoms with Gasteiger partial charge in [-0.2, -0.15) is 13.2 Å². The second-order valence-electron chi connectivity index (χ2n) is 11.8. The van der Waals surface area contributed by atoms with E-state index in [1.165, 1.54) is 12.1 Å². The molecule has 4 rings (SSSR count). The lowest BCUT2D eigenvalue weighted by Gasteiger charge is -2.37. The van der Waals surface area contributed by atoms with Gasteiger partial charge in [0.15, 0.2) is 8.32 Å². The average Bonchev–Trinajstić information content (AvgIpc) is 3.06. The summed E-state index contributed by atoms with van der Waals surface area (Å²) in [5.74, 6) is -0.247. The number of amides is 2. The number of halogens is 3. The molecule has 216 valence electrons. The Kier molecular flexibility index (Phi) is 8.51. The number of hydrogen-bond donors (Lipinski definition) is 1. The summed E-state index contributed by atoms with van der Waals surface area (Å²) in [6.45, 7) is 12.0. The van der Waals surface area contributed by atoms with Gasteiger partial charge in [-0.05, 0) is 72.8 Å². The number of alkyl halides is 3. The van der Waals surface area contributed by atoms with Crippen LogP contribution in [0, 0.1) is 0 Å². The van der Waals surface area contributed by atoms with Gasteiger partial charge in [0.25, 0.3) is 0 Å². The summed E-state index contributed by atoms with van der Waals surface area (Å²) in [6, 6.07) is 8.84. The van der Waals surface area contributed by atoms with Gasteiger partial charge in [-0.3, -0.25) is 9.59 Å². The van der Waals surface area contributed by atoms with E-state index in [1.54, 1.807) is 17.0 Å². The Morgan fingerprint density at radius 3 is 2.58 bits per heavy atom. The minimum Gasteiger partial charge on any atom is -0.493 e. The molecule has 2 amide bonds. The molecule has 0 aliphatic carbocycles. The topological polar surface area (TPSA) is 67.9 Å². The monoisotopic (exact) mass is 574 g/mol. The second kappa shape index (κ2) is 11.4. The van der Waals surface area contributed by atoms with Crippen molar-refractivity contribution in [1.29, 1.82) is 0 Å². The first kappa shape index (κ1) is 29.9. The first-order valence-electron chi connectivity index (χ1n) is 13.6. The van der Waals surface area contributed by atoms with Crippen LogP contribution in [0.3, 0.4) is 0 Å². The fourth-order valence-electron chi connectivity index (χ4n) is 4.70. The van der Waals surface area contributed by atoms with Gasteiger partial charge >= 0.3 is 6.18 Å². The van der Waals surface area contributed by atoms with Crippen LogP contribution in [0.15, 0.2) is 42.5 Å². The normalized spacial score (nSPS) is 17.1. The van der Waals surface area contributed by atoms with Crippen molar-refractivity contribution in [1.82, 2.24) is 0 Å². The van der Waals surface area contributed by atoms with Gasteiger partial charge in [0, 0.05) is 36.0 Å². The Bertz CT molecular complexity index is 1320. The van der Waals surface area contributed by atoms with Crippen LogP contribution in [0.25, 0.3) is 5.57 Å². The molecule has 0 unspecified atom stereocenters. The smallest absolute Gasteiger partial charge is 0.416 e. The lowest BCUT2D eigenvalue weighted by Crippen LogP contribution is -2.44. The van der Waals surface area contributed by atoms with E-state index in [0.29, 0.717) is 55.7 Å². The number of anilines is 2. The van der Waals surface area contributed by atoms with E-state index in [4.69, 9.17) is 9.16 Å². The van der Waals surface area contributed by atoms with Gasteiger partial charge in [-0.15, -0.1) is 0 Å². The zero-order chi connectivity index (χ0) is 29.3. The van der Waals surface area contributed by atoms with Crippen LogP contribution in [0.4, 0.5) is 24.5 Å². The van der Waals surface area contributed by atoms with Gasteiger partial charge < -0.3 is 19.4 Å². The number of carbonyl (C=O) groups excluding carboxylic acids is 2. The van der Waals surface area contributed by atoms with Gasteiger partial charge in [-0.1, -0.05) is 32.9 Å². The maximum absolute atomic E-state index is 13.2. The number of rotatable bonds is 6. The fourth-order valence-corrected chi connectivity index (χ4v) is 5.74. The molecule has 40 heavy (non-hydrogen) atoms. The van der Waals surface area contributed by atoms with Crippen LogP contribution in [0.1, 0.15) is 56.7 Å². The molecule has 0 fully saturated rings. The average molecular weight is 575 g/mol. The number of nitrogens with zero attached hydrogens (tertiary/aromatic N) is 1. The van der Waals surface area contributed by atoms with E-state index < -0.39 is 20.1 Å². The number of nitrogens with one attached hydrogen (secondary N) is 1. The summed E-state index contributed by atoms with van der Waals surface area (Å²) in [4.78, 5) is 27.7. The molecule has 2 heterocycles. The summed E-state index contributed by atoms with van der Waals surface area (Å²) in [5.41, 5.74) is 2.55. The largest absolute Gasteiger partial charge is 0.493 e. The maximum atomic E-state index is 13.2. The molecule has 2 aromatic carbocycles. The molecule has 2 aromatic rings. The summed E-state index contributed by atoms with van der Waals surface area (Å²) < 4.78 is 51.5. The van der Waals surface area contributed by atoms with Crippen molar-refractivity contribution in [2.75, 3.05) is 30.0 Å². The summed E-state index contributed by atoms with van der Waals surface area (Å²) in [6.07, 6.45) is -1.16. The highest BCUT2D eigenvalue weighted by atomic mass is 28.4. The van der Waals surface area contributed by atoms with Crippen molar-refractivity contribution in [2.45, 2.75) is 70.8 Å². The highest BCUT2D eigenvalue weighted by Gasteiger charge is 2.37. The molecule has 2 aliphatic rings. The zero-order valence-corrected chi connectivity index (χ0v) is 24.7. The SMILES string of the molecule is CC(C)(C)[Si](C)(C)OCCN1C(=O)CCc2c(NC(=O)C=C3CCCOc4cc(C(F)(F)F)ccc43)cccc21. The molecule has 0 atom stereocenters. The van der Waals surface area contributed by atoms with Crippen molar-refractivity contribution in [3.8, 4) is 5.75 Å². The molecular formula is C30H37F3N2O4Si. The van der Waals surface area contributed by atoms with Crippen LogP contribution < -0.4 is 15.0 Å². The number of carbonyl (C=O) groups is 2. The highest BCUT2D eigenvalue weighted by Crippen LogP contribution is 2.39. The van der Waals surface area contributed by atoms with Crippen molar-refractivity contribution < 1.29 is 31.9 Å². The standard InChI is InChI=1S/C30H37F3N2O4Si/c1-29(2,3)40(4,5)39-17-15-35-25-10-6-9-24(23(25)13-14-28(35)37)34-27(36)18-20-8-7-16-38-26-19-21(30(31,32)33)11-12-22(20)26/h6,9-12,18-19H,7-8,13-17H2,1-5H3,(H,34,36). The Morgan fingerprint density at radius 1 is 1.12 bits per heavy atom. The molecule has 0 spiro atoms. The molecule has 2 aliphatic heterocycles. The van der Waals surface area contributed by atoms with Crippen molar-refractivity contribution in [3.63, 3.8) is 0 Å². The first-order valence-corrected chi connectivity index (χ1v) is 16.5. The summed E-state index contributed by atoms with van der Waals surface area (Å²) in [7, 11) is -1.96. The molecular weight excluding hydrogens is 537 g/mol. The number of hydrogen-bond acceptors (Lipinski definition) is 4. The minimum atomic E-state index is -4.48. The van der Waals surface area contributed by atoms with Crippen LogP contribution in [-0.2, 0) is 26.6 Å². The number of allylic oxidation sites excluding steroid dienone is 1. The highest BCUT2D eigenvalue weighted by molar-refractivity contribution is 6.74. The predicted molar refractivity (Wildman–Crippen MR) is 153 cm³/mol. The van der Waals surface area contributed by atoms with Crippen LogP contribution >= 0.6 is 0 Å². The molecule has 0 saturated carbocycles. The Balaban J connectivity index is 1.53. The van der Waals surface area contributed by atoms with E-state index in [-0.39, 0.29) is 29.2 Å². The van der Waals surface area contributed by atoms with Gasteiger partial charge in [-0.25, -0.2) is 0 Å². The quantitative estimate of drug-likeness (QED) is 0.293. The van der Waals surface area contributed by atoms with Gasteiger partial charge in [0.05, 0.1) is 18.8 Å². The van der Waals surface area contributed by atoms with E-state index in [9.17, 15) is 22.8 Å². The minimum absolute atomic E-state index is 0.0187. The third-order valence-electron chi connectivity index (χ3n) is 7.98. The number of benzene rings is 2. The van der Waals surface area contributed by atoms with Crippen LogP contribution in [0.2, 0.25) is 18.1 Å². The molecule has 0 bridgehead atoms. The Labute approximate surface area is 234 Å². The predicted octanol–water partition coefficient (Wildman–Crippen LogP) is 7.20. The van der Waals surface area contributed by atoms with E-state index in [1.807, 2.05) is 6.07 Å². The fraction of sp³-hybridized carbons (Fsp3) is 0.467. The molecule has 6 nitrogen and oxygen atoms in total. The first-order chi connectivity index (χ1) is 18.7. The van der Waals surface area contributed by atoms with Crippen LogP contribution in [-0.4, -0.2) is 39.9 Å². The number of ether oxygens (including phenoxy) is 1. The van der Waals surface area contributed by atoms with E-state index >= 15 is 0 Å². The van der Waals surface area contributed by atoms with E-state index in [2.05, 4.69) is 39.2 Å². The Morgan fingerprint density at radius 2 is 1.88 bits per heavy atom. The van der Waals surface area contributed by atoms with Crippen LogP contribution in [0.5, 0.6) is 5.75 Å². The summed E-state index contributed by atoms with van der Waals surface area (Å²) in [5, 5.41) is 3.00. The maximum Gasteiger partial charge on any atom is 0.416 e. The van der Waals surface area contributed by atoms with Crippen molar-refractivity contribution in [2.24, 2.45) is 0 Å². The zero-order valence-electron chi connectivity index (χ0n) is 23.7. The van der Waals surface area contributed by atoms with Gasteiger partial charge in [0.2, 0.25) is 11.8 Å².